The SMILES string of the molecule is FC(F)(F)c1cnc(-c2nc(=S)o[nH]2)c(Cl)c1. The highest BCUT2D eigenvalue weighted by molar-refractivity contribution is 7.71. The van der Waals surface area contributed by atoms with Gasteiger partial charge in [-0.15, -0.1) is 0 Å². The largest absolute Gasteiger partial charge is 0.417 e. The summed E-state index contributed by atoms with van der Waals surface area (Å²) in [6, 6.07) is 0.759. The molecule has 90 valence electrons. The second kappa shape index (κ2) is 4.11. The predicted molar refractivity (Wildman–Crippen MR) is 54.9 cm³/mol. The number of alkyl halides is 3. The first kappa shape index (κ1) is 12.1. The molecular formula is C8H3ClF3N3OS. The molecular weight excluding hydrogens is 279 g/mol. The molecule has 2 heterocycles. The van der Waals surface area contributed by atoms with E-state index in [9.17, 15) is 13.2 Å². The van der Waals surface area contributed by atoms with Crippen LogP contribution < -0.4 is 0 Å². The third-order valence-corrected chi connectivity index (χ3v) is 2.29. The van der Waals surface area contributed by atoms with Crippen molar-refractivity contribution in [2.24, 2.45) is 0 Å². The summed E-state index contributed by atoms with van der Waals surface area (Å²) in [5, 5.41) is 2.11. The van der Waals surface area contributed by atoms with Crippen LogP contribution in [0.5, 0.6) is 0 Å². The van der Waals surface area contributed by atoms with Gasteiger partial charge in [-0.1, -0.05) is 11.6 Å². The van der Waals surface area contributed by atoms with E-state index in [0.717, 1.165) is 6.07 Å². The number of nitrogens with zero attached hydrogens (tertiary/aromatic N) is 2. The van der Waals surface area contributed by atoms with Crippen LogP contribution in [0, 0.1) is 4.84 Å². The molecule has 9 heteroatoms. The smallest absolute Gasteiger partial charge is 0.348 e. The fourth-order valence-electron chi connectivity index (χ4n) is 1.10. The normalized spacial score (nSPS) is 11.8. The Hall–Kier alpha value is -1.41. The van der Waals surface area contributed by atoms with Crippen molar-refractivity contribution in [3.05, 3.63) is 27.7 Å². The van der Waals surface area contributed by atoms with Gasteiger partial charge in [-0.05, 0) is 18.3 Å². The molecule has 0 spiro atoms. The van der Waals surface area contributed by atoms with E-state index in [4.69, 9.17) is 11.6 Å². The van der Waals surface area contributed by atoms with Crippen molar-refractivity contribution in [3.8, 4) is 11.5 Å². The molecule has 0 unspecified atom stereocenters. The quantitative estimate of drug-likeness (QED) is 0.813. The fourth-order valence-corrected chi connectivity index (χ4v) is 1.49. The van der Waals surface area contributed by atoms with Crippen molar-refractivity contribution in [1.82, 2.24) is 15.1 Å². The first-order valence-corrected chi connectivity index (χ1v) is 4.95. The zero-order valence-electron chi connectivity index (χ0n) is 7.88. The van der Waals surface area contributed by atoms with E-state index in [1.807, 2.05) is 0 Å². The lowest BCUT2D eigenvalue weighted by Crippen LogP contribution is -2.06. The van der Waals surface area contributed by atoms with E-state index in [2.05, 4.69) is 31.9 Å². The van der Waals surface area contributed by atoms with E-state index >= 15 is 0 Å². The highest BCUT2D eigenvalue weighted by Gasteiger charge is 2.31. The van der Waals surface area contributed by atoms with Crippen molar-refractivity contribution in [2.45, 2.75) is 6.18 Å². The molecule has 0 saturated heterocycles. The van der Waals surface area contributed by atoms with Gasteiger partial charge in [-0.25, -0.2) is 0 Å². The molecule has 1 N–H and O–H groups in total. The molecule has 0 radical (unpaired) electrons. The second-order valence-corrected chi connectivity index (χ2v) is 3.74. The standard InChI is InChI=1S/C8H3ClF3N3OS/c9-4-1-3(8(10,11)12)2-13-5(4)6-14-7(17)16-15-6/h1-2H,(H,14,15,17). The first-order valence-electron chi connectivity index (χ1n) is 4.16. The maximum Gasteiger partial charge on any atom is 0.417 e. The maximum absolute atomic E-state index is 12.3. The number of rotatable bonds is 1. The Labute approximate surface area is 102 Å². The predicted octanol–water partition coefficient (Wildman–Crippen LogP) is 3.47. The van der Waals surface area contributed by atoms with Gasteiger partial charge in [0, 0.05) is 6.20 Å². The Morgan fingerprint density at radius 1 is 1.41 bits per heavy atom. The van der Waals surface area contributed by atoms with Gasteiger partial charge in [-0.2, -0.15) is 23.3 Å². The topological polar surface area (TPSA) is 54.7 Å². The molecule has 0 aliphatic heterocycles. The van der Waals surface area contributed by atoms with Crippen LogP contribution in [0.15, 0.2) is 16.8 Å². The zero-order valence-corrected chi connectivity index (χ0v) is 9.45. The molecule has 0 bridgehead atoms. The first-order chi connectivity index (χ1) is 7.88. The van der Waals surface area contributed by atoms with E-state index in [1.54, 1.807) is 0 Å². The summed E-state index contributed by atoms with van der Waals surface area (Å²) >= 11 is 10.3. The molecule has 4 nitrogen and oxygen atoms in total. The summed E-state index contributed by atoms with van der Waals surface area (Å²) in [6.45, 7) is 0. The third kappa shape index (κ3) is 2.47. The summed E-state index contributed by atoms with van der Waals surface area (Å²) < 4.78 is 41.7. The van der Waals surface area contributed by atoms with E-state index < -0.39 is 11.7 Å². The van der Waals surface area contributed by atoms with Gasteiger partial charge in [0.05, 0.1) is 10.6 Å². The zero-order chi connectivity index (χ0) is 12.6. The summed E-state index contributed by atoms with van der Waals surface area (Å²) in [4.78, 5) is 7.19. The van der Waals surface area contributed by atoms with Gasteiger partial charge < -0.3 is 4.52 Å². The van der Waals surface area contributed by atoms with Gasteiger partial charge in [0.1, 0.15) is 5.69 Å². The Morgan fingerprint density at radius 3 is 2.59 bits per heavy atom. The van der Waals surface area contributed by atoms with Gasteiger partial charge in [0.2, 0.25) is 0 Å². The minimum atomic E-state index is -4.49. The summed E-state index contributed by atoms with van der Waals surface area (Å²) in [5.41, 5.74) is -0.896. The Morgan fingerprint density at radius 2 is 2.12 bits per heavy atom. The van der Waals surface area contributed by atoms with Crippen molar-refractivity contribution >= 4 is 23.8 Å². The summed E-state index contributed by atoms with van der Waals surface area (Å²) in [7, 11) is 0. The number of hydrogen-bond acceptors (Lipinski definition) is 4. The molecule has 17 heavy (non-hydrogen) atoms. The molecule has 2 aromatic rings. The summed E-state index contributed by atoms with van der Waals surface area (Å²) in [5.74, 6) is 0.0775. The number of aromatic amines is 1. The Kier molecular flexibility index (Phi) is 2.92. The van der Waals surface area contributed by atoms with Gasteiger partial charge in [-0.3, -0.25) is 4.98 Å². The lowest BCUT2D eigenvalue weighted by atomic mass is 10.2. The highest BCUT2D eigenvalue weighted by Crippen LogP contribution is 2.32. The van der Waals surface area contributed by atoms with Crippen LogP contribution in [0.25, 0.3) is 11.5 Å². The number of H-pyrrole nitrogens is 1. The van der Waals surface area contributed by atoms with Crippen LogP contribution in [-0.4, -0.2) is 15.1 Å². The van der Waals surface area contributed by atoms with Crippen molar-refractivity contribution in [3.63, 3.8) is 0 Å². The molecule has 2 aromatic heterocycles. The molecule has 0 aliphatic rings. The van der Waals surface area contributed by atoms with Crippen LogP contribution in [-0.2, 0) is 6.18 Å². The van der Waals surface area contributed by atoms with Crippen molar-refractivity contribution < 1.29 is 17.7 Å². The number of hydrogen-bond donors (Lipinski definition) is 1. The maximum atomic E-state index is 12.3. The molecule has 0 aromatic carbocycles. The lowest BCUT2D eigenvalue weighted by molar-refractivity contribution is -0.137. The van der Waals surface area contributed by atoms with Crippen LogP contribution in [0.3, 0.4) is 0 Å². The highest BCUT2D eigenvalue weighted by atomic mass is 35.5. The minimum Gasteiger partial charge on any atom is -0.348 e. The van der Waals surface area contributed by atoms with Gasteiger partial charge in [0.15, 0.2) is 5.82 Å². The van der Waals surface area contributed by atoms with Crippen molar-refractivity contribution in [1.29, 1.82) is 0 Å². The van der Waals surface area contributed by atoms with Crippen molar-refractivity contribution in [2.75, 3.05) is 0 Å². The van der Waals surface area contributed by atoms with Crippen LogP contribution in [0.1, 0.15) is 5.56 Å². The monoisotopic (exact) mass is 281 g/mol. The Balaban J connectivity index is 2.49. The van der Waals surface area contributed by atoms with E-state index in [0.29, 0.717) is 6.20 Å². The lowest BCUT2D eigenvalue weighted by Gasteiger charge is -2.07. The van der Waals surface area contributed by atoms with Gasteiger partial charge >= 0.3 is 11.0 Å². The minimum absolute atomic E-state index is 0.0412. The third-order valence-electron chi connectivity index (χ3n) is 1.83. The second-order valence-electron chi connectivity index (χ2n) is 2.98. The van der Waals surface area contributed by atoms with Gasteiger partial charge in [0.25, 0.3) is 0 Å². The molecule has 2 rings (SSSR count). The van der Waals surface area contributed by atoms with Crippen LogP contribution in [0.2, 0.25) is 5.02 Å². The average Bonchev–Trinajstić information content (AvgIpc) is 2.63. The fraction of sp³-hybridized carbons (Fsp3) is 0.125. The number of nitrogens with one attached hydrogen (secondary N) is 1. The Bertz CT molecular complexity index is 607. The molecule has 0 amide bonds. The van der Waals surface area contributed by atoms with E-state index in [1.165, 1.54) is 0 Å². The molecule has 0 saturated carbocycles. The van der Waals surface area contributed by atoms with Crippen LogP contribution >= 0.6 is 23.8 Å². The summed E-state index contributed by atoms with van der Waals surface area (Å²) in [6.07, 6.45) is -3.83. The number of aromatic nitrogens is 3. The molecule has 0 atom stereocenters. The van der Waals surface area contributed by atoms with E-state index in [-0.39, 0.29) is 21.4 Å². The molecule has 0 fully saturated rings. The number of pyridine rings is 1. The average molecular weight is 282 g/mol. The molecule has 0 aliphatic carbocycles. The number of halogens is 4. The van der Waals surface area contributed by atoms with Crippen LogP contribution in [0.4, 0.5) is 13.2 Å².